The van der Waals surface area contributed by atoms with Gasteiger partial charge in [0.15, 0.2) is 0 Å². The minimum absolute atomic E-state index is 0.951. The van der Waals surface area contributed by atoms with E-state index < -0.39 is 0 Å². The lowest BCUT2D eigenvalue weighted by molar-refractivity contribution is 0.644. The van der Waals surface area contributed by atoms with Crippen molar-refractivity contribution in [2.75, 3.05) is 33.7 Å². The zero-order valence-corrected chi connectivity index (χ0v) is 13.5. The van der Waals surface area contributed by atoms with Crippen LogP contribution in [-0.2, 0) is 0 Å². The summed E-state index contributed by atoms with van der Waals surface area (Å²) in [7, 11) is 3.90. The van der Waals surface area contributed by atoms with Crippen molar-refractivity contribution in [1.29, 1.82) is 0 Å². The quantitative estimate of drug-likeness (QED) is 0.190. The van der Waals surface area contributed by atoms with Crippen LogP contribution in [0.2, 0.25) is 0 Å². The van der Waals surface area contributed by atoms with Crippen LogP contribution in [0.5, 0.6) is 0 Å². The molecule has 0 radical (unpaired) electrons. The Balaban J connectivity index is -0.000000445. The molecule has 0 saturated carbocycles. The number of hydrazine groups is 1. The molecule has 5 nitrogen and oxygen atoms in total. The second-order valence-corrected chi connectivity index (χ2v) is 3.48. The normalized spacial score (nSPS) is 9.47. The molecule has 19 heavy (non-hydrogen) atoms. The van der Waals surface area contributed by atoms with Crippen molar-refractivity contribution in [1.82, 2.24) is 21.4 Å². The lowest BCUT2D eigenvalue weighted by Crippen LogP contribution is -2.25. The molecule has 0 aromatic heterocycles. The van der Waals surface area contributed by atoms with E-state index in [0.29, 0.717) is 0 Å². The van der Waals surface area contributed by atoms with Crippen LogP contribution >= 0.6 is 0 Å². The molecule has 0 saturated heterocycles. The Morgan fingerprint density at radius 1 is 1.11 bits per heavy atom. The Hall–Kier alpha value is -1.04. The van der Waals surface area contributed by atoms with Gasteiger partial charge in [0, 0.05) is 31.4 Å². The molecule has 0 fully saturated rings. The highest BCUT2D eigenvalue weighted by atomic mass is 15.2. The Morgan fingerprint density at radius 3 is 2.05 bits per heavy atom. The molecule has 0 heterocycles. The largest absolute Gasteiger partial charge is 0.387 e. The fraction of sp³-hybridized carbons (Fsp3) is 0.714. The van der Waals surface area contributed by atoms with Crippen LogP contribution in [0.1, 0.15) is 33.6 Å². The molecule has 0 aliphatic carbocycles. The first-order chi connectivity index (χ1) is 9.26. The number of nitrogens with two attached hydrogens (primary N) is 1. The summed E-state index contributed by atoms with van der Waals surface area (Å²) < 4.78 is 0. The van der Waals surface area contributed by atoms with E-state index in [9.17, 15) is 0 Å². The first-order valence-electron chi connectivity index (χ1n) is 7.02. The molecule has 6 N–H and O–H groups in total. The molecule has 0 aliphatic heterocycles. The Labute approximate surface area is 120 Å². The zero-order chi connectivity index (χ0) is 15.4. The second kappa shape index (κ2) is 25.7. The van der Waals surface area contributed by atoms with Crippen molar-refractivity contribution < 1.29 is 0 Å². The molecule has 5 heteroatoms. The lowest BCUT2D eigenvalue weighted by atomic mass is 10.3. The average Bonchev–Trinajstić information content (AvgIpc) is 2.44. The topological polar surface area (TPSA) is 74.1 Å². The number of allylic oxidation sites excluding steroid dienone is 1. The summed E-state index contributed by atoms with van der Waals surface area (Å²) in [5, 5.41) is 9.53. The van der Waals surface area contributed by atoms with Crippen LogP contribution in [0, 0.1) is 0 Å². The molecule has 0 bridgehead atoms. The van der Waals surface area contributed by atoms with Crippen molar-refractivity contribution in [3.8, 4) is 0 Å². The SMILES string of the molecule is C=CC.CC.CNCCCN/C(=C\NN)CCNC. The molecular formula is C14H35N5. The molecule has 0 aromatic rings. The van der Waals surface area contributed by atoms with E-state index in [0.717, 1.165) is 38.2 Å². The maximum Gasteiger partial charge on any atom is 0.0313 e. The maximum atomic E-state index is 5.23. The molecule has 0 rings (SSSR count). The summed E-state index contributed by atoms with van der Waals surface area (Å²) >= 11 is 0. The first kappa shape index (κ1) is 23.1. The van der Waals surface area contributed by atoms with E-state index in [-0.39, 0.29) is 0 Å². The fourth-order valence-electron chi connectivity index (χ4n) is 1.09. The van der Waals surface area contributed by atoms with Crippen LogP contribution < -0.4 is 27.2 Å². The second-order valence-electron chi connectivity index (χ2n) is 3.48. The summed E-state index contributed by atoms with van der Waals surface area (Å²) in [5.74, 6) is 5.23. The fourth-order valence-corrected chi connectivity index (χ4v) is 1.09. The van der Waals surface area contributed by atoms with Crippen LogP contribution in [0.25, 0.3) is 0 Å². The predicted molar refractivity (Wildman–Crippen MR) is 87.7 cm³/mol. The molecule has 0 unspecified atom stereocenters. The van der Waals surface area contributed by atoms with Gasteiger partial charge < -0.3 is 21.4 Å². The standard InChI is InChI=1S/C9H23N5.C3H6.C2H6/c1-11-5-3-6-13-9(8-14-10)4-7-12-2;1-3-2;1-2/h8,11-14H,3-7,10H2,1-2H3;3H,1H2,2H3;1-2H3/b9-8-;;. The summed E-state index contributed by atoms with van der Waals surface area (Å²) in [6.45, 7) is 12.2. The number of hydrogen-bond donors (Lipinski definition) is 5. The van der Waals surface area contributed by atoms with E-state index >= 15 is 0 Å². The van der Waals surface area contributed by atoms with E-state index in [1.807, 2.05) is 34.9 Å². The predicted octanol–water partition coefficient (Wildman–Crippen LogP) is 1.32. The van der Waals surface area contributed by atoms with Gasteiger partial charge in [0.05, 0.1) is 0 Å². The van der Waals surface area contributed by atoms with E-state index in [2.05, 4.69) is 28.0 Å². The lowest BCUT2D eigenvalue weighted by Gasteiger charge is -2.10. The Kier molecular flexibility index (Phi) is 31.2. The molecule has 0 aliphatic rings. The van der Waals surface area contributed by atoms with E-state index in [4.69, 9.17) is 5.84 Å². The highest BCUT2D eigenvalue weighted by molar-refractivity contribution is 4.97. The maximum absolute atomic E-state index is 5.23. The van der Waals surface area contributed by atoms with Gasteiger partial charge in [-0.15, -0.1) is 6.58 Å². The van der Waals surface area contributed by atoms with Crippen molar-refractivity contribution in [3.05, 3.63) is 24.6 Å². The van der Waals surface area contributed by atoms with Gasteiger partial charge in [0.1, 0.15) is 0 Å². The van der Waals surface area contributed by atoms with Gasteiger partial charge in [-0.25, -0.2) is 0 Å². The smallest absolute Gasteiger partial charge is 0.0313 e. The van der Waals surface area contributed by atoms with Crippen LogP contribution in [0.4, 0.5) is 0 Å². The summed E-state index contributed by atoms with van der Waals surface area (Å²) in [6, 6.07) is 0. The summed E-state index contributed by atoms with van der Waals surface area (Å²) in [4.78, 5) is 0. The van der Waals surface area contributed by atoms with Crippen LogP contribution in [0.3, 0.4) is 0 Å². The summed E-state index contributed by atoms with van der Waals surface area (Å²) in [5.41, 5.74) is 3.69. The molecule has 0 spiro atoms. The first-order valence-corrected chi connectivity index (χ1v) is 7.02. The number of hydrogen-bond acceptors (Lipinski definition) is 5. The van der Waals surface area contributed by atoms with Gasteiger partial charge in [-0.3, -0.25) is 5.84 Å². The molecule has 0 amide bonds. The van der Waals surface area contributed by atoms with Gasteiger partial charge in [-0.05, 0) is 34.0 Å². The van der Waals surface area contributed by atoms with Crippen molar-refractivity contribution in [2.45, 2.75) is 33.6 Å². The van der Waals surface area contributed by atoms with Gasteiger partial charge in [-0.1, -0.05) is 19.9 Å². The van der Waals surface area contributed by atoms with E-state index in [1.54, 1.807) is 12.3 Å². The van der Waals surface area contributed by atoms with Crippen molar-refractivity contribution in [3.63, 3.8) is 0 Å². The van der Waals surface area contributed by atoms with Crippen molar-refractivity contribution >= 4 is 0 Å². The van der Waals surface area contributed by atoms with Gasteiger partial charge >= 0.3 is 0 Å². The third-order valence-electron chi connectivity index (χ3n) is 1.86. The molecule has 0 atom stereocenters. The third kappa shape index (κ3) is 26.5. The third-order valence-corrected chi connectivity index (χ3v) is 1.86. The molecule has 0 aromatic carbocycles. The van der Waals surface area contributed by atoms with Gasteiger partial charge in [0.2, 0.25) is 0 Å². The highest BCUT2D eigenvalue weighted by Gasteiger charge is 1.94. The number of nitrogens with one attached hydrogen (secondary N) is 4. The van der Waals surface area contributed by atoms with Crippen LogP contribution in [0.15, 0.2) is 24.6 Å². The van der Waals surface area contributed by atoms with Gasteiger partial charge in [-0.2, -0.15) is 0 Å². The monoisotopic (exact) mass is 273 g/mol. The molecule has 116 valence electrons. The Morgan fingerprint density at radius 2 is 1.63 bits per heavy atom. The average molecular weight is 273 g/mol. The van der Waals surface area contributed by atoms with Crippen molar-refractivity contribution in [2.24, 2.45) is 5.84 Å². The highest BCUT2D eigenvalue weighted by Crippen LogP contribution is 1.93. The number of rotatable bonds is 9. The zero-order valence-electron chi connectivity index (χ0n) is 13.5. The minimum atomic E-state index is 0.951. The molecular weight excluding hydrogens is 238 g/mol. The Bertz CT molecular complexity index is 181. The van der Waals surface area contributed by atoms with Crippen LogP contribution in [-0.4, -0.2) is 33.7 Å². The summed E-state index contributed by atoms with van der Waals surface area (Å²) in [6.07, 6.45) is 5.62. The minimum Gasteiger partial charge on any atom is -0.387 e. The van der Waals surface area contributed by atoms with E-state index in [1.165, 1.54) is 0 Å². The van der Waals surface area contributed by atoms with Gasteiger partial charge in [0.25, 0.3) is 0 Å².